The molecule has 5 nitrogen and oxygen atoms in total. The zero-order valence-electron chi connectivity index (χ0n) is 16.4. The number of hydrogen-bond donors (Lipinski definition) is 0. The Hall–Kier alpha value is -3.31. The number of rotatable bonds is 4. The molecule has 1 amide bonds. The molecule has 0 saturated heterocycles. The lowest BCUT2D eigenvalue weighted by Crippen LogP contribution is -2.37. The Morgan fingerprint density at radius 2 is 2.00 bits per heavy atom. The van der Waals surface area contributed by atoms with Crippen molar-refractivity contribution in [2.24, 2.45) is 0 Å². The van der Waals surface area contributed by atoms with Gasteiger partial charge in [0.25, 0.3) is 5.91 Å². The van der Waals surface area contributed by atoms with Crippen molar-refractivity contribution in [3.8, 4) is 16.9 Å². The van der Waals surface area contributed by atoms with E-state index in [1.165, 1.54) is 0 Å². The molecule has 0 spiro atoms. The van der Waals surface area contributed by atoms with E-state index in [0.29, 0.717) is 29.4 Å². The van der Waals surface area contributed by atoms with Crippen LogP contribution in [0.1, 0.15) is 21.5 Å². The zero-order chi connectivity index (χ0) is 20.7. The summed E-state index contributed by atoms with van der Waals surface area (Å²) in [5, 5.41) is 1.61. The van der Waals surface area contributed by atoms with E-state index in [1.54, 1.807) is 31.8 Å². The highest BCUT2D eigenvalue weighted by Gasteiger charge is 2.29. The number of halogens is 1. The van der Waals surface area contributed by atoms with Crippen LogP contribution in [0, 0.1) is 0 Å². The highest BCUT2D eigenvalue weighted by Crippen LogP contribution is 2.38. The zero-order valence-corrected chi connectivity index (χ0v) is 17.1. The summed E-state index contributed by atoms with van der Waals surface area (Å²) in [4.78, 5) is 19.1. The Morgan fingerprint density at radius 1 is 1.17 bits per heavy atom. The molecule has 150 valence electrons. The van der Waals surface area contributed by atoms with Crippen molar-refractivity contribution < 1.29 is 13.9 Å². The number of furan rings is 1. The molecule has 1 aliphatic rings. The van der Waals surface area contributed by atoms with E-state index in [4.69, 9.17) is 20.8 Å². The maximum absolute atomic E-state index is 13.2. The minimum atomic E-state index is -0.0136. The Labute approximate surface area is 178 Å². The van der Waals surface area contributed by atoms with Gasteiger partial charge in [-0.3, -0.25) is 9.78 Å². The van der Waals surface area contributed by atoms with Crippen LogP contribution in [-0.4, -0.2) is 29.4 Å². The smallest absolute Gasteiger partial charge is 0.258 e. The minimum Gasteiger partial charge on any atom is -0.496 e. The van der Waals surface area contributed by atoms with Crippen LogP contribution in [0.3, 0.4) is 0 Å². The number of hydrogen-bond acceptors (Lipinski definition) is 4. The van der Waals surface area contributed by atoms with Gasteiger partial charge in [0.1, 0.15) is 11.3 Å². The molecule has 5 rings (SSSR count). The number of aromatic nitrogens is 1. The first-order valence-corrected chi connectivity index (χ1v) is 10.1. The number of carbonyl (C=O) groups is 1. The first-order chi connectivity index (χ1) is 14.6. The molecule has 30 heavy (non-hydrogen) atoms. The van der Waals surface area contributed by atoms with E-state index >= 15 is 0 Å². The summed E-state index contributed by atoms with van der Waals surface area (Å²) in [6.07, 6.45) is 5.97. The van der Waals surface area contributed by atoms with Gasteiger partial charge in [0, 0.05) is 47.5 Å². The van der Waals surface area contributed by atoms with Gasteiger partial charge in [-0.25, -0.2) is 0 Å². The lowest BCUT2D eigenvalue weighted by Gasteiger charge is -2.30. The largest absolute Gasteiger partial charge is 0.496 e. The number of carbonyl (C=O) groups excluding carboxylic acids is 1. The standard InChI is InChI=1S/C24H19ClN2O3/c1-29-22-11-17(20-14-30-21-12-18(25)2-3-19(20)21)10-16-6-9-27(24(28)23(16)22)13-15-4-7-26-8-5-15/h2-5,7-8,10-12,14H,6,9,13H2,1H3. The summed E-state index contributed by atoms with van der Waals surface area (Å²) in [6, 6.07) is 13.4. The fraction of sp³-hybridized carbons (Fsp3) is 0.167. The average molecular weight is 419 g/mol. The molecule has 6 heteroatoms. The van der Waals surface area contributed by atoms with Crippen LogP contribution < -0.4 is 4.74 Å². The molecular formula is C24H19ClN2O3. The van der Waals surface area contributed by atoms with Gasteiger partial charge in [-0.05, 0) is 59.5 Å². The van der Waals surface area contributed by atoms with Crippen LogP contribution >= 0.6 is 11.6 Å². The van der Waals surface area contributed by atoms with E-state index in [9.17, 15) is 4.79 Å². The second-order valence-corrected chi connectivity index (χ2v) is 7.77. The molecule has 0 N–H and O–H groups in total. The fourth-order valence-electron chi connectivity index (χ4n) is 4.03. The molecule has 0 atom stereocenters. The van der Waals surface area contributed by atoms with Crippen molar-refractivity contribution in [1.82, 2.24) is 9.88 Å². The first kappa shape index (κ1) is 18.7. The molecule has 0 unspecified atom stereocenters. The number of methoxy groups -OCH3 is 1. The summed E-state index contributed by atoms with van der Waals surface area (Å²) in [5.74, 6) is 0.565. The molecule has 0 aliphatic carbocycles. The Kier molecular flexibility index (Phi) is 4.68. The topological polar surface area (TPSA) is 55.6 Å². The number of ether oxygens (including phenoxy) is 1. The summed E-state index contributed by atoms with van der Waals surface area (Å²) >= 11 is 6.08. The third-order valence-electron chi connectivity index (χ3n) is 5.53. The molecule has 0 fully saturated rings. The molecular weight excluding hydrogens is 400 g/mol. The lowest BCUT2D eigenvalue weighted by atomic mass is 9.92. The van der Waals surface area contributed by atoms with Gasteiger partial charge in [-0.15, -0.1) is 0 Å². The molecule has 3 heterocycles. The molecule has 1 aliphatic heterocycles. The van der Waals surface area contributed by atoms with Crippen LogP contribution in [0.15, 0.2) is 65.5 Å². The quantitative estimate of drug-likeness (QED) is 0.448. The van der Waals surface area contributed by atoms with Crippen molar-refractivity contribution in [2.75, 3.05) is 13.7 Å². The van der Waals surface area contributed by atoms with Crippen LogP contribution in [0.5, 0.6) is 5.75 Å². The highest BCUT2D eigenvalue weighted by atomic mass is 35.5. The van der Waals surface area contributed by atoms with Gasteiger partial charge in [0.15, 0.2) is 0 Å². The van der Waals surface area contributed by atoms with Gasteiger partial charge in [0.05, 0.1) is 18.9 Å². The van der Waals surface area contributed by atoms with Crippen molar-refractivity contribution in [3.05, 3.63) is 82.8 Å². The van der Waals surface area contributed by atoms with Crippen molar-refractivity contribution in [2.45, 2.75) is 13.0 Å². The Bertz CT molecular complexity index is 1230. The van der Waals surface area contributed by atoms with E-state index in [0.717, 1.165) is 39.6 Å². The second-order valence-electron chi connectivity index (χ2n) is 7.33. The van der Waals surface area contributed by atoms with E-state index in [-0.39, 0.29) is 5.91 Å². The Balaban J connectivity index is 1.54. The first-order valence-electron chi connectivity index (χ1n) is 9.70. The van der Waals surface area contributed by atoms with E-state index < -0.39 is 0 Å². The number of pyridine rings is 1. The van der Waals surface area contributed by atoms with E-state index in [1.807, 2.05) is 35.2 Å². The van der Waals surface area contributed by atoms with Crippen molar-refractivity contribution >= 4 is 28.5 Å². The normalized spacial score (nSPS) is 13.5. The lowest BCUT2D eigenvalue weighted by molar-refractivity contribution is 0.0723. The van der Waals surface area contributed by atoms with Gasteiger partial charge in [-0.1, -0.05) is 11.6 Å². The summed E-state index contributed by atoms with van der Waals surface area (Å²) in [7, 11) is 1.60. The number of amides is 1. The minimum absolute atomic E-state index is 0.0136. The summed E-state index contributed by atoms with van der Waals surface area (Å²) < 4.78 is 11.3. The van der Waals surface area contributed by atoms with Crippen LogP contribution in [-0.2, 0) is 13.0 Å². The predicted octanol–water partition coefficient (Wildman–Crippen LogP) is 5.36. The SMILES string of the molecule is COc1cc(-c2coc3cc(Cl)ccc23)cc2c1C(=O)N(Cc1ccncc1)CC2. The molecule has 0 bridgehead atoms. The van der Waals surface area contributed by atoms with Crippen molar-refractivity contribution in [3.63, 3.8) is 0 Å². The summed E-state index contributed by atoms with van der Waals surface area (Å²) in [6.45, 7) is 1.21. The van der Waals surface area contributed by atoms with Crippen LogP contribution in [0.4, 0.5) is 0 Å². The summed E-state index contributed by atoms with van der Waals surface area (Å²) in [5.41, 5.74) is 5.33. The number of fused-ring (bicyclic) bond motifs is 2. The third-order valence-corrected chi connectivity index (χ3v) is 5.76. The molecule has 2 aromatic carbocycles. The number of benzene rings is 2. The fourth-order valence-corrected chi connectivity index (χ4v) is 4.19. The molecule has 2 aromatic heterocycles. The van der Waals surface area contributed by atoms with Gasteiger partial charge in [-0.2, -0.15) is 0 Å². The molecule has 4 aromatic rings. The second kappa shape index (κ2) is 7.50. The van der Waals surface area contributed by atoms with Crippen molar-refractivity contribution in [1.29, 1.82) is 0 Å². The Morgan fingerprint density at radius 3 is 2.80 bits per heavy atom. The third kappa shape index (κ3) is 3.21. The van der Waals surface area contributed by atoms with Crippen LogP contribution in [0.25, 0.3) is 22.1 Å². The van der Waals surface area contributed by atoms with E-state index in [2.05, 4.69) is 11.1 Å². The maximum atomic E-state index is 13.2. The number of nitrogens with zero attached hydrogens (tertiary/aromatic N) is 2. The average Bonchev–Trinajstić information content (AvgIpc) is 3.18. The molecule has 0 saturated carbocycles. The van der Waals surface area contributed by atoms with Gasteiger partial charge >= 0.3 is 0 Å². The predicted molar refractivity (Wildman–Crippen MR) is 116 cm³/mol. The molecule has 0 radical (unpaired) electrons. The monoisotopic (exact) mass is 418 g/mol. The van der Waals surface area contributed by atoms with Gasteiger partial charge < -0.3 is 14.1 Å². The van der Waals surface area contributed by atoms with Gasteiger partial charge in [0.2, 0.25) is 0 Å². The van der Waals surface area contributed by atoms with Crippen LogP contribution in [0.2, 0.25) is 5.02 Å². The maximum Gasteiger partial charge on any atom is 0.258 e. The highest BCUT2D eigenvalue weighted by molar-refractivity contribution is 6.31.